The Labute approximate surface area is 170 Å². The largest absolute Gasteiger partial charge is 0.379 e. The number of likely N-dealkylation sites (tertiary alicyclic amines) is 1. The van der Waals surface area contributed by atoms with Gasteiger partial charge in [0.05, 0.1) is 0 Å². The maximum Gasteiger partial charge on any atom is 0.274 e. The van der Waals surface area contributed by atoms with Gasteiger partial charge in [-0.15, -0.1) is 10.2 Å². The van der Waals surface area contributed by atoms with Crippen molar-refractivity contribution in [1.29, 1.82) is 0 Å². The molecule has 0 saturated carbocycles. The predicted octanol–water partition coefficient (Wildman–Crippen LogP) is 2.13. The van der Waals surface area contributed by atoms with Crippen LogP contribution in [0.5, 0.6) is 0 Å². The Morgan fingerprint density at radius 3 is 2.45 bits per heavy atom. The molecule has 1 fully saturated rings. The van der Waals surface area contributed by atoms with Crippen molar-refractivity contribution in [3.8, 4) is 0 Å². The number of nitrogens with one attached hydrogen (secondary N) is 1. The van der Waals surface area contributed by atoms with Crippen LogP contribution in [0.4, 0.5) is 10.2 Å². The van der Waals surface area contributed by atoms with Crippen molar-refractivity contribution in [3.05, 3.63) is 53.5 Å². The van der Waals surface area contributed by atoms with Gasteiger partial charge in [0.25, 0.3) is 5.91 Å². The number of anilines is 1. The van der Waals surface area contributed by atoms with Gasteiger partial charge >= 0.3 is 0 Å². The molecule has 156 valence electrons. The Hall–Kier alpha value is -2.58. The Morgan fingerprint density at radius 1 is 1.24 bits per heavy atom. The zero-order valence-corrected chi connectivity index (χ0v) is 16.8. The Bertz CT molecular complexity index is 816. The van der Waals surface area contributed by atoms with Crippen LogP contribution in [0.3, 0.4) is 0 Å². The number of benzene rings is 1. The van der Waals surface area contributed by atoms with E-state index in [9.17, 15) is 14.3 Å². The second-order valence-electron chi connectivity index (χ2n) is 8.17. The summed E-state index contributed by atoms with van der Waals surface area (Å²) in [5, 5.41) is 20.9. The molecule has 1 saturated heterocycles. The summed E-state index contributed by atoms with van der Waals surface area (Å²) >= 11 is 0. The molecule has 29 heavy (non-hydrogen) atoms. The molecule has 1 atom stereocenters. The van der Waals surface area contributed by atoms with E-state index in [0.29, 0.717) is 44.0 Å². The van der Waals surface area contributed by atoms with Gasteiger partial charge in [0, 0.05) is 31.0 Å². The molecule has 2 heterocycles. The number of nitrogens with zero attached hydrogens (tertiary/aromatic N) is 3. The van der Waals surface area contributed by atoms with Crippen molar-refractivity contribution < 1.29 is 14.3 Å². The Kier molecular flexibility index (Phi) is 6.44. The minimum atomic E-state index is -0.837. The van der Waals surface area contributed by atoms with Gasteiger partial charge < -0.3 is 21.1 Å². The Balaban J connectivity index is 1.56. The highest BCUT2D eigenvalue weighted by Gasteiger charge is 2.27. The molecular formula is C21H28FN5O2. The lowest BCUT2D eigenvalue weighted by atomic mass is 9.84. The average molecular weight is 401 g/mol. The van der Waals surface area contributed by atoms with Crippen molar-refractivity contribution in [2.24, 2.45) is 11.7 Å². The van der Waals surface area contributed by atoms with Crippen LogP contribution < -0.4 is 11.1 Å². The third-order valence-corrected chi connectivity index (χ3v) is 5.53. The number of piperidine rings is 1. The number of carbonyl (C=O) groups is 1. The number of rotatable bonds is 6. The summed E-state index contributed by atoms with van der Waals surface area (Å²) in [7, 11) is 0. The van der Waals surface area contributed by atoms with Crippen LogP contribution in [0.1, 0.15) is 42.7 Å². The van der Waals surface area contributed by atoms with Gasteiger partial charge in [-0.2, -0.15) is 0 Å². The molecule has 1 aromatic heterocycles. The van der Waals surface area contributed by atoms with E-state index in [0.717, 1.165) is 5.56 Å². The van der Waals surface area contributed by atoms with Crippen LogP contribution in [0, 0.1) is 11.7 Å². The predicted molar refractivity (Wildman–Crippen MR) is 109 cm³/mol. The number of amides is 1. The highest BCUT2D eigenvalue weighted by molar-refractivity contribution is 5.92. The second kappa shape index (κ2) is 8.84. The van der Waals surface area contributed by atoms with Crippen LogP contribution in [-0.4, -0.2) is 52.0 Å². The first-order valence-electron chi connectivity index (χ1n) is 9.83. The summed E-state index contributed by atoms with van der Waals surface area (Å²) in [5.41, 5.74) is 6.59. The van der Waals surface area contributed by atoms with Crippen LogP contribution in [0.25, 0.3) is 0 Å². The maximum atomic E-state index is 13.1. The molecule has 0 bridgehead atoms. The fraction of sp³-hybridized carbons (Fsp3) is 0.476. The fourth-order valence-corrected chi connectivity index (χ4v) is 3.46. The number of carbonyl (C=O) groups excluding carboxylic acids is 1. The molecule has 1 aliphatic heterocycles. The average Bonchev–Trinajstić information content (AvgIpc) is 2.72. The number of hydrogen-bond acceptors (Lipinski definition) is 6. The maximum absolute atomic E-state index is 13.1. The summed E-state index contributed by atoms with van der Waals surface area (Å²) in [5.74, 6) is 0.176. The molecule has 1 amide bonds. The molecule has 4 N–H and O–H groups in total. The monoisotopic (exact) mass is 401 g/mol. The molecule has 0 spiro atoms. The quantitative estimate of drug-likeness (QED) is 0.641. The number of hydrogen-bond donors (Lipinski definition) is 3. The van der Waals surface area contributed by atoms with Gasteiger partial charge in [-0.3, -0.25) is 4.79 Å². The van der Waals surface area contributed by atoms with Crippen molar-refractivity contribution in [3.63, 3.8) is 0 Å². The minimum absolute atomic E-state index is 0.0289. The molecule has 1 unspecified atom stereocenters. The summed E-state index contributed by atoms with van der Waals surface area (Å²) in [6, 6.07) is 9.85. The summed E-state index contributed by atoms with van der Waals surface area (Å²) in [6.07, 6.45) is 0.515. The molecule has 0 aliphatic carbocycles. The highest BCUT2D eigenvalue weighted by atomic mass is 19.1. The molecule has 7 nitrogen and oxygen atoms in total. The molecular weight excluding hydrogens is 373 g/mol. The van der Waals surface area contributed by atoms with Crippen molar-refractivity contribution in [2.75, 3.05) is 25.0 Å². The van der Waals surface area contributed by atoms with Crippen LogP contribution in [-0.2, 0) is 5.41 Å². The van der Waals surface area contributed by atoms with Gasteiger partial charge in [0.15, 0.2) is 5.69 Å². The molecule has 3 rings (SSSR count). The summed E-state index contributed by atoms with van der Waals surface area (Å²) < 4.78 is 13.1. The summed E-state index contributed by atoms with van der Waals surface area (Å²) in [4.78, 5) is 14.3. The number of nitrogens with two attached hydrogens (primary N) is 1. The van der Waals surface area contributed by atoms with Gasteiger partial charge in [0.1, 0.15) is 17.9 Å². The smallest absolute Gasteiger partial charge is 0.274 e. The van der Waals surface area contributed by atoms with E-state index >= 15 is 0 Å². The topological polar surface area (TPSA) is 104 Å². The minimum Gasteiger partial charge on any atom is -0.379 e. The van der Waals surface area contributed by atoms with Crippen molar-refractivity contribution >= 4 is 11.7 Å². The standard InChI is InChI=1S/C21H28FN5O2/c1-21(2,15-3-5-16(22)6-4-15)13-24-18-8-7-17(25-26-18)20(29)27-11-9-14(10-12-27)19(23)28/h3-8,14,19,28H,9-13,23H2,1-2H3,(H,24,26). The summed E-state index contributed by atoms with van der Waals surface area (Å²) in [6.45, 7) is 5.78. The third kappa shape index (κ3) is 5.27. The molecule has 0 radical (unpaired) electrons. The van der Waals surface area contributed by atoms with Crippen LogP contribution >= 0.6 is 0 Å². The SMILES string of the molecule is CC(C)(CNc1ccc(C(=O)N2CCC(C(N)O)CC2)nn1)c1ccc(F)cc1. The number of aliphatic hydroxyl groups is 1. The molecule has 8 heteroatoms. The number of aliphatic hydroxyl groups excluding tert-OH is 1. The first-order chi connectivity index (χ1) is 13.8. The van der Waals surface area contributed by atoms with E-state index in [1.54, 1.807) is 29.2 Å². The van der Waals surface area contributed by atoms with Gasteiger partial charge in [-0.1, -0.05) is 26.0 Å². The number of aromatic nitrogens is 2. The zero-order chi connectivity index (χ0) is 21.0. The van der Waals surface area contributed by atoms with E-state index in [1.807, 2.05) is 0 Å². The van der Waals surface area contributed by atoms with E-state index in [2.05, 4.69) is 29.4 Å². The highest BCUT2D eigenvalue weighted by Crippen LogP contribution is 2.24. The van der Waals surface area contributed by atoms with Gasteiger partial charge in [0.2, 0.25) is 0 Å². The fourth-order valence-electron chi connectivity index (χ4n) is 3.46. The number of halogens is 1. The Morgan fingerprint density at radius 2 is 1.90 bits per heavy atom. The normalized spacial score (nSPS) is 16.5. The lowest BCUT2D eigenvalue weighted by Gasteiger charge is -2.32. The third-order valence-electron chi connectivity index (χ3n) is 5.53. The van der Waals surface area contributed by atoms with E-state index in [4.69, 9.17) is 5.73 Å². The van der Waals surface area contributed by atoms with E-state index < -0.39 is 6.23 Å². The van der Waals surface area contributed by atoms with E-state index in [1.165, 1.54) is 12.1 Å². The molecule has 2 aromatic rings. The van der Waals surface area contributed by atoms with Crippen molar-refractivity contribution in [1.82, 2.24) is 15.1 Å². The van der Waals surface area contributed by atoms with E-state index in [-0.39, 0.29) is 23.1 Å². The van der Waals surface area contributed by atoms with Crippen LogP contribution in [0.15, 0.2) is 36.4 Å². The first-order valence-corrected chi connectivity index (χ1v) is 9.83. The van der Waals surface area contributed by atoms with Crippen molar-refractivity contribution in [2.45, 2.75) is 38.3 Å². The lowest BCUT2D eigenvalue weighted by molar-refractivity contribution is 0.0482. The first kappa shape index (κ1) is 21.1. The lowest BCUT2D eigenvalue weighted by Crippen LogP contribution is -2.43. The van der Waals surface area contributed by atoms with Gasteiger partial charge in [-0.25, -0.2) is 4.39 Å². The zero-order valence-electron chi connectivity index (χ0n) is 16.8. The molecule has 1 aromatic carbocycles. The second-order valence-corrected chi connectivity index (χ2v) is 8.17. The van der Waals surface area contributed by atoms with Crippen LogP contribution in [0.2, 0.25) is 0 Å². The molecule has 1 aliphatic rings. The van der Waals surface area contributed by atoms with Gasteiger partial charge in [-0.05, 0) is 42.7 Å².